The van der Waals surface area contributed by atoms with Gasteiger partial charge in [-0.3, -0.25) is 13.9 Å². The first-order valence-corrected chi connectivity index (χ1v) is 17.7. The number of benzene rings is 4. The van der Waals surface area contributed by atoms with E-state index >= 15 is 0 Å². The van der Waals surface area contributed by atoms with Gasteiger partial charge in [-0.15, -0.1) is 0 Å². The first-order valence-electron chi connectivity index (χ1n) is 15.5. The van der Waals surface area contributed by atoms with Gasteiger partial charge in [-0.1, -0.05) is 96.4 Å². The summed E-state index contributed by atoms with van der Waals surface area (Å²) in [6.45, 7) is 8.81. The van der Waals surface area contributed by atoms with Gasteiger partial charge in [-0.2, -0.15) is 0 Å². The molecule has 0 spiro atoms. The minimum absolute atomic E-state index is 0.0501. The molecule has 0 heterocycles. The first kappa shape index (κ1) is 36.0. The summed E-state index contributed by atoms with van der Waals surface area (Å²) in [6.07, 6.45) is 0.893. The number of carbonyl (C=O) groups is 2. The maximum Gasteiger partial charge on any atom is 0.264 e. The van der Waals surface area contributed by atoms with E-state index in [1.54, 1.807) is 43.3 Å². The van der Waals surface area contributed by atoms with Crippen molar-refractivity contribution in [1.82, 2.24) is 10.2 Å². The number of nitrogens with zero attached hydrogens (tertiary/aromatic N) is 2. The van der Waals surface area contributed by atoms with Crippen LogP contribution < -0.4 is 9.62 Å². The average Bonchev–Trinajstić information content (AvgIpc) is 3.04. The summed E-state index contributed by atoms with van der Waals surface area (Å²) in [4.78, 5) is 30.2. The molecule has 10 heteroatoms. The van der Waals surface area contributed by atoms with Crippen LogP contribution >= 0.6 is 23.2 Å². The van der Waals surface area contributed by atoms with Crippen LogP contribution in [0.2, 0.25) is 10.0 Å². The number of rotatable bonds is 13. The maximum atomic E-state index is 14.7. The highest BCUT2D eigenvalue weighted by atomic mass is 35.5. The normalized spacial score (nSPS) is 12.7. The number of aryl methyl sites for hydroxylation is 3. The summed E-state index contributed by atoms with van der Waals surface area (Å²) in [6, 6.07) is 25.2. The van der Waals surface area contributed by atoms with Gasteiger partial charge in [0.05, 0.1) is 10.6 Å². The van der Waals surface area contributed by atoms with Crippen molar-refractivity contribution in [3.63, 3.8) is 0 Å². The van der Waals surface area contributed by atoms with Crippen LogP contribution in [0.15, 0.2) is 95.9 Å². The number of anilines is 1. The van der Waals surface area contributed by atoms with Crippen LogP contribution in [0.5, 0.6) is 0 Å². The molecule has 248 valence electrons. The van der Waals surface area contributed by atoms with Crippen molar-refractivity contribution in [2.45, 2.75) is 71.0 Å². The van der Waals surface area contributed by atoms with Gasteiger partial charge in [0.25, 0.3) is 10.0 Å². The lowest BCUT2D eigenvalue weighted by Crippen LogP contribution is -2.54. The molecule has 0 fully saturated rings. The molecule has 47 heavy (non-hydrogen) atoms. The van der Waals surface area contributed by atoms with Crippen molar-refractivity contribution in [3.8, 4) is 0 Å². The average molecular weight is 695 g/mol. The fourth-order valence-corrected chi connectivity index (χ4v) is 7.11. The quantitative estimate of drug-likeness (QED) is 0.156. The molecule has 4 rings (SSSR count). The number of nitrogens with one attached hydrogen (secondary N) is 1. The molecular weight excluding hydrogens is 653 g/mol. The molecule has 0 aliphatic heterocycles. The lowest BCUT2D eigenvalue weighted by atomic mass is 10.0. The molecule has 0 radical (unpaired) electrons. The van der Waals surface area contributed by atoms with Gasteiger partial charge in [0.15, 0.2) is 0 Å². The summed E-state index contributed by atoms with van der Waals surface area (Å²) in [7, 11) is -4.21. The van der Waals surface area contributed by atoms with E-state index in [2.05, 4.69) is 5.32 Å². The minimum Gasteiger partial charge on any atom is -0.352 e. The van der Waals surface area contributed by atoms with E-state index in [1.807, 2.05) is 70.2 Å². The van der Waals surface area contributed by atoms with Gasteiger partial charge in [-0.25, -0.2) is 8.42 Å². The van der Waals surface area contributed by atoms with Gasteiger partial charge in [0.1, 0.15) is 12.6 Å². The molecule has 4 aromatic carbocycles. The van der Waals surface area contributed by atoms with Gasteiger partial charge < -0.3 is 10.2 Å². The lowest BCUT2D eigenvalue weighted by molar-refractivity contribution is -0.140. The molecule has 0 aromatic heterocycles. The van der Waals surface area contributed by atoms with E-state index in [9.17, 15) is 18.0 Å². The van der Waals surface area contributed by atoms with Crippen molar-refractivity contribution < 1.29 is 18.0 Å². The summed E-state index contributed by atoms with van der Waals surface area (Å²) in [5, 5.41) is 3.80. The molecule has 7 nitrogen and oxygen atoms in total. The molecule has 4 aromatic rings. The zero-order chi connectivity index (χ0) is 34.3. The Kier molecular flexibility index (Phi) is 12.1. The Labute approximate surface area is 288 Å². The minimum atomic E-state index is -4.21. The number of carbonyl (C=O) groups excluding carboxylic acids is 2. The van der Waals surface area contributed by atoms with Crippen LogP contribution in [0.4, 0.5) is 5.69 Å². The number of hydrogen-bond donors (Lipinski definition) is 1. The Morgan fingerprint density at radius 1 is 0.851 bits per heavy atom. The third-order valence-corrected chi connectivity index (χ3v) is 10.5. The Morgan fingerprint density at radius 2 is 1.51 bits per heavy atom. The highest BCUT2D eigenvalue weighted by Crippen LogP contribution is 2.30. The summed E-state index contributed by atoms with van der Waals surface area (Å²) in [5.74, 6) is -0.908. The van der Waals surface area contributed by atoms with Crippen LogP contribution in [0.3, 0.4) is 0 Å². The molecule has 2 unspecified atom stereocenters. The molecule has 2 amide bonds. The fourth-order valence-electron chi connectivity index (χ4n) is 5.17. The monoisotopic (exact) mass is 693 g/mol. The molecular formula is C37H41Cl2N3O4S. The van der Waals surface area contributed by atoms with Crippen LogP contribution in [-0.2, 0) is 32.6 Å². The number of amides is 2. The summed E-state index contributed by atoms with van der Waals surface area (Å²) < 4.78 is 29.8. The van der Waals surface area contributed by atoms with Crippen LogP contribution in [0.1, 0.15) is 48.1 Å². The molecule has 0 saturated heterocycles. The smallest absolute Gasteiger partial charge is 0.264 e. The maximum absolute atomic E-state index is 14.7. The second-order valence-electron chi connectivity index (χ2n) is 11.9. The van der Waals surface area contributed by atoms with Gasteiger partial charge >= 0.3 is 0 Å². The molecule has 2 atom stereocenters. The molecule has 0 aliphatic rings. The zero-order valence-electron chi connectivity index (χ0n) is 27.3. The van der Waals surface area contributed by atoms with Crippen molar-refractivity contribution in [3.05, 3.63) is 129 Å². The third kappa shape index (κ3) is 9.15. The fraction of sp³-hybridized carbons (Fsp3) is 0.297. The van der Waals surface area contributed by atoms with Crippen molar-refractivity contribution in [1.29, 1.82) is 0 Å². The number of hydrogen-bond acceptors (Lipinski definition) is 4. The van der Waals surface area contributed by atoms with Crippen molar-refractivity contribution >= 4 is 50.7 Å². The van der Waals surface area contributed by atoms with E-state index in [1.165, 1.54) is 17.0 Å². The first-order chi connectivity index (χ1) is 22.3. The van der Waals surface area contributed by atoms with Crippen LogP contribution in [-0.4, -0.2) is 43.8 Å². The standard InChI is InChI=1S/C37H41Cl2N3O4S/c1-6-28(5)40-37(44)35(21-29-10-8-7-9-11-29)41(23-30-16-17-31(38)22-33(30)39)36(43)24-42(34-20-26(3)12-15-27(34)4)47(45,46)32-18-13-25(2)14-19-32/h7-20,22,28,35H,6,21,23-24H2,1-5H3,(H,40,44). The highest BCUT2D eigenvalue weighted by molar-refractivity contribution is 7.92. The topological polar surface area (TPSA) is 86.8 Å². The van der Waals surface area contributed by atoms with E-state index < -0.39 is 28.5 Å². The summed E-state index contributed by atoms with van der Waals surface area (Å²) in [5.41, 5.74) is 4.21. The lowest BCUT2D eigenvalue weighted by Gasteiger charge is -2.35. The van der Waals surface area contributed by atoms with Gasteiger partial charge in [-0.05, 0) is 86.7 Å². The predicted octanol–water partition coefficient (Wildman–Crippen LogP) is 7.67. The van der Waals surface area contributed by atoms with Crippen molar-refractivity contribution in [2.75, 3.05) is 10.8 Å². The molecule has 0 bridgehead atoms. The van der Waals surface area contributed by atoms with E-state index in [0.29, 0.717) is 33.3 Å². The van der Waals surface area contributed by atoms with Crippen LogP contribution in [0, 0.1) is 20.8 Å². The van der Waals surface area contributed by atoms with Crippen molar-refractivity contribution in [2.24, 2.45) is 0 Å². The highest BCUT2D eigenvalue weighted by Gasteiger charge is 2.35. The third-order valence-electron chi connectivity index (χ3n) is 8.15. The Hall–Kier alpha value is -3.85. The second kappa shape index (κ2) is 15.8. The largest absolute Gasteiger partial charge is 0.352 e. The van der Waals surface area contributed by atoms with Gasteiger partial charge in [0.2, 0.25) is 11.8 Å². The Morgan fingerprint density at radius 3 is 2.15 bits per heavy atom. The molecule has 1 N–H and O–H groups in total. The van der Waals surface area contributed by atoms with Crippen LogP contribution in [0.25, 0.3) is 0 Å². The SMILES string of the molecule is CCC(C)NC(=O)C(Cc1ccccc1)N(Cc1ccc(Cl)cc1Cl)C(=O)CN(c1cc(C)ccc1C)S(=O)(=O)c1ccc(C)cc1. The Bertz CT molecular complexity index is 1820. The predicted molar refractivity (Wildman–Crippen MR) is 190 cm³/mol. The summed E-state index contributed by atoms with van der Waals surface area (Å²) >= 11 is 12.8. The van der Waals surface area contributed by atoms with E-state index in [4.69, 9.17) is 23.2 Å². The van der Waals surface area contributed by atoms with E-state index in [0.717, 1.165) is 21.0 Å². The number of sulfonamides is 1. The second-order valence-corrected chi connectivity index (χ2v) is 14.6. The molecule has 0 saturated carbocycles. The van der Waals surface area contributed by atoms with Gasteiger partial charge in [0, 0.05) is 29.1 Å². The van der Waals surface area contributed by atoms with E-state index in [-0.39, 0.29) is 29.8 Å². The number of halogens is 2. The Balaban J connectivity index is 1.86. The molecule has 0 aliphatic carbocycles. The zero-order valence-corrected chi connectivity index (χ0v) is 29.7.